The van der Waals surface area contributed by atoms with Crippen LogP contribution in [0.2, 0.25) is 0 Å². The Kier molecular flexibility index (Phi) is 6.98. The van der Waals surface area contributed by atoms with Crippen molar-refractivity contribution in [1.29, 1.82) is 0 Å². The molecule has 1 saturated carbocycles. The fraction of sp³-hybridized carbons (Fsp3) is 1.00. The Hall–Kier alpha value is 0.440. The number of unbranched alkanes of at least 4 members (excludes halogenated alkanes) is 1. The lowest BCUT2D eigenvalue weighted by atomic mass is 9.99. The van der Waals surface area contributed by atoms with E-state index in [2.05, 4.69) is 29.8 Å². The van der Waals surface area contributed by atoms with Gasteiger partial charge in [-0.25, -0.2) is 0 Å². The lowest BCUT2D eigenvalue weighted by Gasteiger charge is -2.29. The van der Waals surface area contributed by atoms with Crippen LogP contribution in [-0.4, -0.2) is 17.5 Å². The van der Waals surface area contributed by atoms with E-state index in [1.807, 2.05) is 0 Å². The van der Waals surface area contributed by atoms with E-state index < -0.39 is 0 Å². The third-order valence-electron chi connectivity index (χ3n) is 3.93. The second-order valence-corrected chi connectivity index (χ2v) is 5.81. The first-order valence-corrected chi connectivity index (χ1v) is 8.08. The summed E-state index contributed by atoms with van der Waals surface area (Å²) in [5.41, 5.74) is 0.180. The number of hydrogen-bond donors (Lipinski definition) is 0. The summed E-state index contributed by atoms with van der Waals surface area (Å²) in [6, 6.07) is 0. The number of hydrogen-bond acceptors (Lipinski definition) is 1. The minimum atomic E-state index is 0.180. The van der Waals surface area contributed by atoms with Crippen molar-refractivity contribution in [3.05, 3.63) is 0 Å². The molecule has 1 fully saturated rings. The van der Waals surface area contributed by atoms with Gasteiger partial charge in [-0.15, -0.1) is 0 Å². The van der Waals surface area contributed by atoms with E-state index >= 15 is 0 Å². The van der Waals surface area contributed by atoms with Gasteiger partial charge in [0.25, 0.3) is 0 Å². The quantitative estimate of drug-likeness (QED) is 0.576. The molecule has 96 valence electrons. The minimum absolute atomic E-state index is 0.180. The summed E-state index contributed by atoms with van der Waals surface area (Å²) in [6.07, 6.45) is 10.5. The van der Waals surface area contributed by atoms with Crippen molar-refractivity contribution in [2.45, 2.75) is 70.8 Å². The third kappa shape index (κ3) is 4.37. The van der Waals surface area contributed by atoms with E-state index in [9.17, 15) is 0 Å². The monoisotopic (exact) mass is 290 g/mol. The SMILES string of the molecule is CCCCC(CC)COC1(CBr)CCCC1. The minimum Gasteiger partial charge on any atom is -0.374 e. The first-order chi connectivity index (χ1) is 7.76. The Morgan fingerprint density at radius 2 is 1.94 bits per heavy atom. The van der Waals surface area contributed by atoms with Crippen LogP contribution in [0, 0.1) is 5.92 Å². The lowest BCUT2D eigenvalue weighted by molar-refractivity contribution is -0.0408. The summed E-state index contributed by atoms with van der Waals surface area (Å²) < 4.78 is 6.24. The number of alkyl halides is 1. The Morgan fingerprint density at radius 3 is 2.44 bits per heavy atom. The molecule has 0 aromatic carbocycles. The molecule has 0 amide bonds. The molecule has 0 N–H and O–H groups in total. The number of halogens is 1. The normalized spacial score (nSPS) is 21.2. The second kappa shape index (κ2) is 7.71. The molecule has 1 aliphatic carbocycles. The van der Waals surface area contributed by atoms with Crippen molar-refractivity contribution in [1.82, 2.24) is 0 Å². The molecule has 0 aromatic heterocycles. The molecule has 0 spiro atoms. The Bertz CT molecular complexity index is 176. The highest BCUT2D eigenvalue weighted by Gasteiger charge is 2.34. The van der Waals surface area contributed by atoms with Crippen molar-refractivity contribution in [2.75, 3.05) is 11.9 Å². The largest absolute Gasteiger partial charge is 0.374 e. The molecule has 1 atom stereocenters. The van der Waals surface area contributed by atoms with Gasteiger partial charge in [-0.05, 0) is 25.2 Å². The van der Waals surface area contributed by atoms with Crippen LogP contribution in [0.5, 0.6) is 0 Å². The first kappa shape index (κ1) is 14.5. The topological polar surface area (TPSA) is 9.23 Å². The van der Waals surface area contributed by atoms with Gasteiger partial charge in [0.15, 0.2) is 0 Å². The molecule has 1 nitrogen and oxygen atoms in total. The lowest BCUT2D eigenvalue weighted by Crippen LogP contribution is -2.33. The van der Waals surface area contributed by atoms with E-state index in [1.54, 1.807) is 0 Å². The Morgan fingerprint density at radius 1 is 1.25 bits per heavy atom. The van der Waals surface area contributed by atoms with Crippen molar-refractivity contribution in [3.8, 4) is 0 Å². The molecule has 1 unspecified atom stereocenters. The molecular formula is C14H27BrO. The van der Waals surface area contributed by atoms with E-state index in [-0.39, 0.29) is 5.60 Å². The summed E-state index contributed by atoms with van der Waals surface area (Å²) >= 11 is 3.63. The molecule has 0 aliphatic heterocycles. The highest BCUT2D eigenvalue weighted by atomic mass is 79.9. The third-order valence-corrected chi connectivity index (χ3v) is 4.95. The van der Waals surface area contributed by atoms with Crippen LogP contribution >= 0.6 is 15.9 Å². The summed E-state index contributed by atoms with van der Waals surface area (Å²) in [5, 5.41) is 1.02. The van der Waals surface area contributed by atoms with Crippen LogP contribution in [0.25, 0.3) is 0 Å². The summed E-state index contributed by atoms with van der Waals surface area (Å²) in [5.74, 6) is 0.775. The van der Waals surface area contributed by atoms with Crippen molar-refractivity contribution < 1.29 is 4.74 Å². The van der Waals surface area contributed by atoms with Gasteiger partial charge in [0.05, 0.1) is 12.2 Å². The van der Waals surface area contributed by atoms with E-state index in [1.165, 1.54) is 51.4 Å². The molecule has 1 aliphatic rings. The Balaban J connectivity index is 2.29. The second-order valence-electron chi connectivity index (χ2n) is 5.25. The van der Waals surface area contributed by atoms with Gasteiger partial charge in [-0.1, -0.05) is 61.9 Å². The van der Waals surface area contributed by atoms with Gasteiger partial charge in [0.2, 0.25) is 0 Å². The Labute approximate surface area is 109 Å². The van der Waals surface area contributed by atoms with Crippen molar-refractivity contribution in [3.63, 3.8) is 0 Å². The van der Waals surface area contributed by atoms with Gasteiger partial charge in [-0.3, -0.25) is 0 Å². The predicted molar refractivity (Wildman–Crippen MR) is 74.3 cm³/mol. The summed E-state index contributed by atoms with van der Waals surface area (Å²) in [7, 11) is 0. The fourth-order valence-corrected chi connectivity index (χ4v) is 3.25. The maximum atomic E-state index is 6.24. The van der Waals surface area contributed by atoms with E-state index in [0.29, 0.717) is 0 Å². The highest BCUT2D eigenvalue weighted by Crippen LogP contribution is 2.35. The van der Waals surface area contributed by atoms with Gasteiger partial charge < -0.3 is 4.74 Å². The van der Waals surface area contributed by atoms with Crippen LogP contribution < -0.4 is 0 Å². The van der Waals surface area contributed by atoms with Crippen LogP contribution in [-0.2, 0) is 4.74 Å². The van der Waals surface area contributed by atoms with Gasteiger partial charge >= 0.3 is 0 Å². The first-order valence-electron chi connectivity index (χ1n) is 6.96. The average molecular weight is 291 g/mol. The zero-order chi connectivity index (χ0) is 11.9. The molecular weight excluding hydrogens is 264 g/mol. The van der Waals surface area contributed by atoms with Crippen molar-refractivity contribution in [2.24, 2.45) is 5.92 Å². The van der Waals surface area contributed by atoms with E-state index in [0.717, 1.165) is 17.9 Å². The van der Waals surface area contributed by atoms with Crippen LogP contribution in [0.15, 0.2) is 0 Å². The van der Waals surface area contributed by atoms with Crippen molar-refractivity contribution >= 4 is 15.9 Å². The summed E-state index contributed by atoms with van der Waals surface area (Å²) in [4.78, 5) is 0. The molecule has 16 heavy (non-hydrogen) atoms. The predicted octanol–water partition coefficient (Wildman–Crippen LogP) is 4.93. The molecule has 1 rings (SSSR count). The average Bonchev–Trinajstić information content (AvgIpc) is 2.79. The zero-order valence-corrected chi connectivity index (χ0v) is 12.5. The fourth-order valence-electron chi connectivity index (χ4n) is 2.53. The summed E-state index contributed by atoms with van der Waals surface area (Å²) in [6.45, 7) is 5.53. The molecule has 0 saturated heterocycles. The van der Waals surface area contributed by atoms with Gasteiger partial charge in [0.1, 0.15) is 0 Å². The molecule has 0 aromatic rings. The number of ether oxygens (including phenoxy) is 1. The maximum Gasteiger partial charge on any atom is 0.0779 e. The van der Waals surface area contributed by atoms with Crippen LogP contribution in [0.1, 0.15) is 65.2 Å². The zero-order valence-electron chi connectivity index (χ0n) is 10.9. The maximum absolute atomic E-state index is 6.24. The smallest absolute Gasteiger partial charge is 0.0779 e. The van der Waals surface area contributed by atoms with Gasteiger partial charge in [-0.2, -0.15) is 0 Å². The standard InChI is InChI=1S/C14H27BrO/c1-3-5-8-13(4-2)11-16-14(12-15)9-6-7-10-14/h13H,3-12H2,1-2H3. The van der Waals surface area contributed by atoms with E-state index in [4.69, 9.17) is 4.74 Å². The molecule has 0 radical (unpaired) electrons. The van der Waals surface area contributed by atoms with Crippen LogP contribution in [0.3, 0.4) is 0 Å². The van der Waals surface area contributed by atoms with Crippen LogP contribution in [0.4, 0.5) is 0 Å². The molecule has 0 bridgehead atoms. The highest BCUT2D eigenvalue weighted by molar-refractivity contribution is 9.09. The van der Waals surface area contributed by atoms with Gasteiger partial charge in [0, 0.05) is 5.33 Å². The number of rotatable bonds is 8. The molecule has 2 heteroatoms. The molecule has 0 heterocycles.